The molecule has 0 fully saturated rings. The molecule has 5 heteroatoms. The van der Waals surface area contributed by atoms with E-state index in [9.17, 15) is 4.79 Å². The van der Waals surface area contributed by atoms with Gasteiger partial charge in [0.25, 0.3) is 0 Å². The fraction of sp³-hybridized carbons (Fsp3) is 0.545. The molecule has 1 aromatic heterocycles. The molecular formula is C11H18N2OS2. The smallest absolute Gasteiger partial charge is 0.237 e. The van der Waals surface area contributed by atoms with Crippen LogP contribution in [0.1, 0.15) is 24.3 Å². The van der Waals surface area contributed by atoms with Crippen molar-refractivity contribution >= 4 is 29.0 Å². The number of thiophene rings is 1. The van der Waals surface area contributed by atoms with Crippen LogP contribution in [-0.2, 0) is 4.79 Å². The summed E-state index contributed by atoms with van der Waals surface area (Å²) in [7, 11) is 0. The maximum Gasteiger partial charge on any atom is 0.237 e. The van der Waals surface area contributed by atoms with Gasteiger partial charge in [-0.05, 0) is 36.8 Å². The number of rotatable bonds is 6. The lowest BCUT2D eigenvalue weighted by atomic mass is 10.2. The van der Waals surface area contributed by atoms with Gasteiger partial charge in [0.15, 0.2) is 0 Å². The van der Waals surface area contributed by atoms with E-state index in [0.717, 1.165) is 17.1 Å². The largest absolute Gasteiger partial charge is 0.347 e. The molecule has 0 aliphatic rings. The summed E-state index contributed by atoms with van der Waals surface area (Å²) in [6.07, 6.45) is 2.74. The summed E-state index contributed by atoms with van der Waals surface area (Å²) in [6, 6.07) is 3.65. The molecule has 0 saturated heterocycles. The molecular weight excluding hydrogens is 240 g/mol. The molecule has 3 nitrogen and oxygen atoms in total. The summed E-state index contributed by atoms with van der Waals surface area (Å²) in [4.78, 5) is 12.9. The van der Waals surface area contributed by atoms with Crippen molar-refractivity contribution in [2.45, 2.75) is 25.4 Å². The van der Waals surface area contributed by atoms with Crippen LogP contribution in [0.3, 0.4) is 0 Å². The van der Waals surface area contributed by atoms with Gasteiger partial charge in [-0.2, -0.15) is 11.8 Å². The van der Waals surface area contributed by atoms with Crippen LogP contribution >= 0.6 is 23.1 Å². The number of nitrogens with one attached hydrogen (secondary N) is 1. The second-order valence-corrected chi connectivity index (χ2v) is 5.60. The molecule has 2 atom stereocenters. The van der Waals surface area contributed by atoms with Crippen molar-refractivity contribution in [3.63, 3.8) is 0 Å². The molecule has 16 heavy (non-hydrogen) atoms. The zero-order valence-electron chi connectivity index (χ0n) is 9.60. The zero-order valence-corrected chi connectivity index (χ0v) is 11.2. The third-order valence-electron chi connectivity index (χ3n) is 2.30. The Bertz CT molecular complexity index is 314. The topological polar surface area (TPSA) is 55.1 Å². The van der Waals surface area contributed by atoms with Gasteiger partial charge in [0, 0.05) is 4.88 Å². The summed E-state index contributed by atoms with van der Waals surface area (Å²) in [6.45, 7) is 1.98. The second kappa shape index (κ2) is 6.93. The van der Waals surface area contributed by atoms with Crippen molar-refractivity contribution < 1.29 is 4.79 Å². The quantitative estimate of drug-likeness (QED) is 0.820. The minimum atomic E-state index is -0.394. The molecule has 0 radical (unpaired) electrons. The van der Waals surface area contributed by atoms with Crippen LogP contribution < -0.4 is 11.1 Å². The van der Waals surface area contributed by atoms with E-state index in [-0.39, 0.29) is 11.9 Å². The predicted octanol–water partition coefficient (Wildman–Crippen LogP) is 2.01. The van der Waals surface area contributed by atoms with Gasteiger partial charge in [0.1, 0.15) is 0 Å². The van der Waals surface area contributed by atoms with Crippen LogP contribution in [0, 0.1) is 0 Å². The summed E-state index contributed by atoms with van der Waals surface area (Å²) < 4.78 is 0. The average Bonchev–Trinajstić information content (AvgIpc) is 2.79. The molecule has 1 rings (SSSR count). The Morgan fingerprint density at radius 3 is 3.00 bits per heavy atom. The maximum atomic E-state index is 11.7. The lowest BCUT2D eigenvalue weighted by Gasteiger charge is -2.16. The van der Waals surface area contributed by atoms with Gasteiger partial charge in [-0.3, -0.25) is 4.79 Å². The first-order valence-corrected chi connectivity index (χ1v) is 7.50. The van der Waals surface area contributed by atoms with Crippen molar-refractivity contribution in [3.05, 3.63) is 22.4 Å². The summed E-state index contributed by atoms with van der Waals surface area (Å²) in [5.74, 6) is 0.858. The van der Waals surface area contributed by atoms with Crippen molar-refractivity contribution in [1.82, 2.24) is 5.32 Å². The van der Waals surface area contributed by atoms with E-state index in [0.29, 0.717) is 0 Å². The van der Waals surface area contributed by atoms with Crippen molar-refractivity contribution in [2.75, 3.05) is 12.0 Å². The molecule has 3 N–H and O–H groups in total. The van der Waals surface area contributed by atoms with Gasteiger partial charge in [-0.25, -0.2) is 0 Å². The van der Waals surface area contributed by atoms with Crippen LogP contribution in [0.15, 0.2) is 17.5 Å². The fourth-order valence-electron chi connectivity index (χ4n) is 1.31. The molecule has 1 heterocycles. The fourth-order valence-corrected chi connectivity index (χ4v) is 2.53. The number of carbonyl (C=O) groups is 1. The van der Waals surface area contributed by atoms with E-state index in [4.69, 9.17) is 5.73 Å². The number of thioether (sulfide) groups is 1. The Kier molecular flexibility index (Phi) is 5.87. The first-order chi connectivity index (χ1) is 7.65. The third-order valence-corrected chi connectivity index (χ3v) is 4.00. The second-order valence-electron chi connectivity index (χ2n) is 3.63. The average molecular weight is 258 g/mol. The summed E-state index contributed by atoms with van der Waals surface area (Å²) >= 11 is 3.35. The maximum absolute atomic E-state index is 11.7. The molecule has 90 valence electrons. The van der Waals surface area contributed by atoms with Crippen LogP contribution in [-0.4, -0.2) is 24.0 Å². The van der Waals surface area contributed by atoms with Crippen LogP contribution in [0.4, 0.5) is 0 Å². The van der Waals surface area contributed by atoms with E-state index in [1.54, 1.807) is 23.1 Å². The van der Waals surface area contributed by atoms with E-state index < -0.39 is 6.04 Å². The lowest BCUT2D eigenvalue weighted by molar-refractivity contribution is -0.123. The minimum Gasteiger partial charge on any atom is -0.347 e. The number of carbonyl (C=O) groups excluding carboxylic acids is 1. The first-order valence-electron chi connectivity index (χ1n) is 5.23. The number of amides is 1. The molecule has 1 aromatic rings. The molecule has 0 aliphatic heterocycles. The SMILES string of the molecule is CSCC[C@@H](N)C(=O)NC(C)c1cccs1. The Morgan fingerprint density at radius 1 is 1.69 bits per heavy atom. The Balaban J connectivity index is 2.39. The molecule has 0 aromatic carbocycles. The number of hydrogen-bond donors (Lipinski definition) is 2. The molecule has 0 spiro atoms. The number of nitrogens with two attached hydrogens (primary N) is 1. The van der Waals surface area contributed by atoms with Crippen LogP contribution in [0.25, 0.3) is 0 Å². The van der Waals surface area contributed by atoms with Crippen molar-refractivity contribution in [2.24, 2.45) is 5.73 Å². The van der Waals surface area contributed by atoms with E-state index >= 15 is 0 Å². The number of hydrogen-bond acceptors (Lipinski definition) is 4. The van der Waals surface area contributed by atoms with Gasteiger partial charge in [0.05, 0.1) is 12.1 Å². The molecule has 1 amide bonds. The highest BCUT2D eigenvalue weighted by Gasteiger charge is 2.16. The first kappa shape index (κ1) is 13.5. The van der Waals surface area contributed by atoms with E-state index in [2.05, 4.69) is 5.32 Å². The molecule has 1 unspecified atom stereocenters. The predicted molar refractivity (Wildman–Crippen MR) is 71.9 cm³/mol. The molecule has 0 saturated carbocycles. The lowest BCUT2D eigenvalue weighted by Crippen LogP contribution is -2.41. The van der Waals surface area contributed by atoms with Gasteiger partial charge >= 0.3 is 0 Å². The zero-order chi connectivity index (χ0) is 12.0. The Hall–Kier alpha value is -0.520. The van der Waals surface area contributed by atoms with E-state index in [1.165, 1.54) is 0 Å². The van der Waals surface area contributed by atoms with Gasteiger partial charge in [-0.15, -0.1) is 11.3 Å². The highest BCUT2D eigenvalue weighted by molar-refractivity contribution is 7.98. The summed E-state index contributed by atoms with van der Waals surface area (Å²) in [5, 5.41) is 4.93. The molecule has 0 aliphatic carbocycles. The van der Waals surface area contributed by atoms with E-state index in [1.807, 2.05) is 30.7 Å². The highest BCUT2D eigenvalue weighted by Crippen LogP contribution is 2.18. The van der Waals surface area contributed by atoms with Gasteiger partial charge < -0.3 is 11.1 Å². The monoisotopic (exact) mass is 258 g/mol. The highest BCUT2D eigenvalue weighted by atomic mass is 32.2. The Morgan fingerprint density at radius 2 is 2.44 bits per heavy atom. The van der Waals surface area contributed by atoms with Gasteiger partial charge in [-0.1, -0.05) is 6.07 Å². The minimum absolute atomic E-state index is 0.0489. The van der Waals surface area contributed by atoms with Crippen molar-refractivity contribution in [1.29, 1.82) is 0 Å². The standard InChI is InChI=1S/C11H18N2OS2/c1-8(10-4-3-6-16-10)13-11(14)9(12)5-7-15-2/h3-4,6,8-9H,5,7,12H2,1-2H3,(H,13,14)/t8?,9-/m1/s1. The molecule has 0 bridgehead atoms. The van der Waals surface area contributed by atoms with Crippen LogP contribution in [0.5, 0.6) is 0 Å². The van der Waals surface area contributed by atoms with Gasteiger partial charge in [0.2, 0.25) is 5.91 Å². The van der Waals surface area contributed by atoms with Crippen molar-refractivity contribution in [3.8, 4) is 0 Å². The normalized spacial score (nSPS) is 14.4. The third kappa shape index (κ3) is 4.15. The Labute approximate surface area is 105 Å². The summed E-state index contributed by atoms with van der Waals surface area (Å²) in [5.41, 5.74) is 5.78. The van der Waals surface area contributed by atoms with Crippen LogP contribution in [0.2, 0.25) is 0 Å².